The van der Waals surface area contributed by atoms with E-state index in [0.717, 1.165) is 0 Å². The van der Waals surface area contributed by atoms with Gasteiger partial charge in [0.15, 0.2) is 0 Å². The number of hydrogen-bond acceptors (Lipinski definition) is 0. The van der Waals surface area contributed by atoms with Gasteiger partial charge in [-0.3, -0.25) is 0 Å². The van der Waals surface area contributed by atoms with E-state index in [1.165, 1.54) is 23.2 Å². The van der Waals surface area contributed by atoms with Gasteiger partial charge in [0, 0.05) is 0 Å². The van der Waals surface area contributed by atoms with Gasteiger partial charge in [-0.15, -0.1) is 15.3 Å². The molecule has 0 amide bonds. The molecule has 0 N–H and O–H groups in total. The van der Waals surface area contributed by atoms with Gasteiger partial charge in [0.05, 0.1) is 0 Å². The third kappa shape index (κ3) is 3.61. The van der Waals surface area contributed by atoms with E-state index in [9.17, 15) is 0 Å². The van der Waals surface area contributed by atoms with Crippen molar-refractivity contribution in [1.82, 2.24) is 0 Å². The van der Waals surface area contributed by atoms with E-state index < -0.39 is 7.42 Å². The minimum Gasteiger partial charge on any atom is -0.130 e. The van der Waals surface area contributed by atoms with Crippen LogP contribution in [0, 0.1) is 0 Å². The molecule has 0 heterocycles. The molecule has 82 valence electrons. The molecule has 0 radical (unpaired) electrons. The fourth-order valence-corrected chi connectivity index (χ4v) is 5.77. The Morgan fingerprint density at radius 2 is 1.06 bits per heavy atom. The van der Waals surface area contributed by atoms with E-state index in [1.54, 1.807) is 0 Å². The Bertz CT molecular complexity index is 372. The van der Waals surface area contributed by atoms with E-state index in [4.69, 9.17) is 0 Å². The van der Waals surface area contributed by atoms with Crippen molar-refractivity contribution in [3.8, 4) is 0 Å². The largest absolute Gasteiger partial charge is 0.130 e. The summed E-state index contributed by atoms with van der Waals surface area (Å²) in [5.41, 5.74) is 2.90. The molecule has 0 atom stereocenters. The molecule has 0 spiro atoms. The van der Waals surface area contributed by atoms with Crippen LogP contribution in [0.25, 0.3) is 0 Å². The number of rotatable bonds is 4. The molecule has 2 rings (SSSR count). The topological polar surface area (TPSA) is 0 Å². The van der Waals surface area contributed by atoms with E-state index in [2.05, 4.69) is 76.0 Å². The first-order valence-electron chi connectivity index (χ1n) is 5.56. The highest BCUT2D eigenvalue weighted by Gasteiger charge is 2.08. The van der Waals surface area contributed by atoms with Crippen LogP contribution in [0.2, 0.25) is 0 Å². The molecule has 2 aromatic rings. The van der Waals surface area contributed by atoms with E-state index in [0.29, 0.717) is 0 Å². The lowest BCUT2D eigenvalue weighted by Crippen LogP contribution is -2.12. The highest BCUT2D eigenvalue weighted by atomic mass is 79.9. The summed E-state index contributed by atoms with van der Waals surface area (Å²) in [6.07, 6.45) is 0. The van der Waals surface area contributed by atoms with Crippen molar-refractivity contribution in [2.75, 3.05) is 0 Å². The molecule has 0 unspecified atom stereocenters. The lowest BCUT2D eigenvalue weighted by atomic mass is 10.2. The summed E-state index contributed by atoms with van der Waals surface area (Å²) in [5, 5.41) is 0. The first kappa shape index (κ1) is 11.6. The van der Waals surface area contributed by atoms with Crippen LogP contribution in [0.15, 0.2) is 60.7 Å². The number of benzene rings is 2. The minimum atomic E-state index is -0.843. The average Bonchev–Trinajstić information content (AvgIpc) is 2.31. The van der Waals surface area contributed by atoms with Crippen molar-refractivity contribution in [1.29, 1.82) is 0 Å². The zero-order chi connectivity index (χ0) is 11.2. The lowest BCUT2D eigenvalue weighted by Gasteiger charge is -2.08. The van der Waals surface area contributed by atoms with Gasteiger partial charge in [-0.25, -0.2) is 0 Å². The van der Waals surface area contributed by atoms with Crippen LogP contribution in [0.4, 0.5) is 0 Å². The molecule has 2 aromatic carbocycles. The number of halogens is 1. The van der Waals surface area contributed by atoms with Gasteiger partial charge in [-0.2, -0.15) is 0 Å². The molecule has 0 bridgehead atoms. The van der Waals surface area contributed by atoms with Gasteiger partial charge in [0.25, 0.3) is 0 Å². The fraction of sp³-hybridized carbons (Fsp3) is 0.143. The monoisotopic (exact) mass is 290 g/mol. The van der Waals surface area contributed by atoms with Crippen molar-refractivity contribution in [2.45, 2.75) is 12.1 Å². The summed E-state index contributed by atoms with van der Waals surface area (Å²) < 4.78 is 0. The van der Waals surface area contributed by atoms with Gasteiger partial charge in [-0.05, 0) is 12.1 Å². The second kappa shape index (κ2) is 6.02. The van der Waals surface area contributed by atoms with Crippen LogP contribution in [-0.4, -0.2) is 7.42 Å². The SMILES string of the molecule is Br[SiH](Cc1ccccc1)Cc1ccccc1. The van der Waals surface area contributed by atoms with Gasteiger partial charge in [0.1, 0.15) is 7.42 Å². The number of hydrogen-bond donors (Lipinski definition) is 0. The molecule has 0 aliphatic heterocycles. The van der Waals surface area contributed by atoms with Crippen LogP contribution in [0.5, 0.6) is 0 Å². The average molecular weight is 291 g/mol. The van der Waals surface area contributed by atoms with Crippen LogP contribution in [0.1, 0.15) is 11.1 Å². The van der Waals surface area contributed by atoms with E-state index in [1.807, 2.05) is 0 Å². The smallest absolute Gasteiger partial charge is 0.123 e. The van der Waals surface area contributed by atoms with Crippen molar-refractivity contribution in [3.05, 3.63) is 71.8 Å². The van der Waals surface area contributed by atoms with Crippen LogP contribution < -0.4 is 0 Å². The molecule has 0 aliphatic carbocycles. The van der Waals surface area contributed by atoms with Crippen LogP contribution in [-0.2, 0) is 12.1 Å². The van der Waals surface area contributed by atoms with Crippen molar-refractivity contribution in [2.24, 2.45) is 0 Å². The Kier molecular flexibility index (Phi) is 4.37. The second-order valence-electron chi connectivity index (χ2n) is 3.98. The third-order valence-corrected chi connectivity index (χ3v) is 6.37. The maximum Gasteiger partial charge on any atom is 0.123 e. The third-order valence-electron chi connectivity index (χ3n) is 2.60. The summed E-state index contributed by atoms with van der Waals surface area (Å²) in [6, 6.07) is 23.9. The highest BCUT2D eigenvalue weighted by molar-refractivity contribution is 9.24. The maximum absolute atomic E-state index is 3.89. The molecule has 0 aliphatic rings. The predicted molar refractivity (Wildman–Crippen MR) is 76.4 cm³/mol. The van der Waals surface area contributed by atoms with Crippen molar-refractivity contribution < 1.29 is 0 Å². The van der Waals surface area contributed by atoms with Gasteiger partial charge in [-0.1, -0.05) is 71.8 Å². The summed E-state index contributed by atoms with van der Waals surface area (Å²) in [7, 11) is -0.843. The molecule has 0 nitrogen and oxygen atoms in total. The highest BCUT2D eigenvalue weighted by Crippen LogP contribution is 2.11. The first-order chi connectivity index (χ1) is 7.84. The quantitative estimate of drug-likeness (QED) is 0.595. The molecule has 16 heavy (non-hydrogen) atoms. The molecule has 0 saturated carbocycles. The second-order valence-corrected chi connectivity index (χ2v) is 9.87. The Morgan fingerprint density at radius 1 is 0.688 bits per heavy atom. The van der Waals surface area contributed by atoms with E-state index in [-0.39, 0.29) is 0 Å². The Morgan fingerprint density at radius 3 is 1.44 bits per heavy atom. The summed E-state index contributed by atoms with van der Waals surface area (Å²) in [5.74, 6) is 0. The van der Waals surface area contributed by atoms with Crippen LogP contribution >= 0.6 is 15.3 Å². The Hall–Kier alpha value is -0.863. The Balaban J connectivity index is 1.92. The maximum atomic E-state index is 3.89. The summed E-state index contributed by atoms with van der Waals surface area (Å²) in [6.45, 7) is 0. The lowest BCUT2D eigenvalue weighted by molar-refractivity contribution is 1.30. The summed E-state index contributed by atoms with van der Waals surface area (Å²) >= 11 is 3.89. The molecule has 0 aromatic heterocycles. The minimum absolute atomic E-state index is 0.843. The zero-order valence-electron chi connectivity index (χ0n) is 9.14. The molecular formula is C14H15BrSi. The fourth-order valence-electron chi connectivity index (χ4n) is 1.81. The Labute approximate surface area is 107 Å². The predicted octanol–water partition coefficient (Wildman–Crippen LogP) is 3.67. The van der Waals surface area contributed by atoms with Gasteiger partial charge < -0.3 is 0 Å². The molecular weight excluding hydrogens is 276 g/mol. The standard InChI is InChI=1S/C14H15BrSi/c15-16(11-13-7-3-1-4-8-13)12-14-9-5-2-6-10-14/h1-10,16H,11-12H2. The van der Waals surface area contributed by atoms with E-state index >= 15 is 0 Å². The summed E-state index contributed by atoms with van der Waals surface area (Å²) in [4.78, 5) is 0. The normalized spacial score (nSPS) is 10.6. The molecule has 2 heteroatoms. The van der Waals surface area contributed by atoms with Crippen molar-refractivity contribution >= 4 is 22.7 Å². The van der Waals surface area contributed by atoms with Crippen molar-refractivity contribution in [3.63, 3.8) is 0 Å². The molecule has 0 fully saturated rings. The van der Waals surface area contributed by atoms with Gasteiger partial charge in [0.2, 0.25) is 0 Å². The first-order valence-corrected chi connectivity index (χ1v) is 10.4. The van der Waals surface area contributed by atoms with Crippen LogP contribution in [0.3, 0.4) is 0 Å². The molecule has 0 saturated heterocycles. The zero-order valence-corrected chi connectivity index (χ0v) is 11.9. The van der Waals surface area contributed by atoms with Gasteiger partial charge >= 0.3 is 0 Å².